The van der Waals surface area contributed by atoms with E-state index in [1.54, 1.807) is 0 Å². The Bertz CT molecular complexity index is 1130. The van der Waals surface area contributed by atoms with Crippen molar-refractivity contribution in [3.05, 3.63) is 59.8 Å². The normalized spacial score (nSPS) is 11.2. The number of nitrogens with zero attached hydrogens (tertiary/aromatic N) is 3. The van der Waals surface area contributed by atoms with Crippen LogP contribution in [-0.4, -0.2) is 36.6 Å². The summed E-state index contributed by atoms with van der Waals surface area (Å²) >= 11 is 1.16. The standard InChI is InChI=1S/C20H18N4O2S/c1-12-13(2)21-17-9-8-14(10-16(12)17)19-22-23-20(27-11-18(25)26)24(19)15-6-4-3-5-7-15/h3-10,21H,11H2,1-2H3,(H,25,26). The summed E-state index contributed by atoms with van der Waals surface area (Å²) in [6.45, 7) is 4.15. The second kappa shape index (κ2) is 6.92. The van der Waals surface area contributed by atoms with Crippen molar-refractivity contribution >= 4 is 28.6 Å². The van der Waals surface area contributed by atoms with Crippen LogP contribution in [0, 0.1) is 13.8 Å². The average molecular weight is 378 g/mol. The number of H-pyrrole nitrogens is 1. The first-order valence-corrected chi connectivity index (χ1v) is 9.48. The van der Waals surface area contributed by atoms with E-state index in [9.17, 15) is 4.79 Å². The van der Waals surface area contributed by atoms with E-state index in [1.165, 1.54) is 5.56 Å². The number of carboxylic acid groups (broad SMARTS) is 1. The fourth-order valence-electron chi connectivity index (χ4n) is 3.09. The summed E-state index contributed by atoms with van der Waals surface area (Å²) < 4.78 is 1.91. The van der Waals surface area contributed by atoms with E-state index in [1.807, 2.05) is 47.0 Å². The zero-order valence-corrected chi connectivity index (χ0v) is 15.7. The molecule has 27 heavy (non-hydrogen) atoms. The molecule has 2 aromatic heterocycles. The third-order valence-corrected chi connectivity index (χ3v) is 5.45. The molecule has 2 heterocycles. The Labute approximate surface area is 160 Å². The zero-order chi connectivity index (χ0) is 19.0. The van der Waals surface area contributed by atoms with Gasteiger partial charge in [-0.25, -0.2) is 0 Å². The molecule has 4 aromatic rings. The number of nitrogens with one attached hydrogen (secondary N) is 1. The van der Waals surface area contributed by atoms with Crippen LogP contribution in [0.1, 0.15) is 11.3 Å². The second-order valence-electron chi connectivity index (χ2n) is 6.29. The fourth-order valence-corrected chi connectivity index (χ4v) is 3.76. The number of aryl methyl sites for hydroxylation is 2. The van der Waals surface area contributed by atoms with Gasteiger partial charge >= 0.3 is 5.97 Å². The van der Waals surface area contributed by atoms with Crippen molar-refractivity contribution < 1.29 is 9.90 Å². The van der Waals surface area contributed by atoms with Crippen LogP contribution in [0.2, 0.25) is 0 Å². The summed E-state index contributed by atoms with van der Waals surface area (Å²) in [5.41, 5.74) is 5.26. The number of aromatic nitrogens is 4. The maximum atomic E-state index is 11.0. The Morgan fingerprint density at radius 2 is 1.93 bits per heavy atom. The Morgan fingerprint density at radius 1 is 1.15 bits per heavy atom. The highest BCUT2D eigenvalue weighted by Crippen LogP contribution is 2.31. The number of para-hydroxylation sites is 1. The molecule has 0 aliphatic heterocycles. The van der Waals surface area contributed by atoms with Crippen molar-refractivity contribution in [3.63, 3.8) is 0 Å². The van der Waals surface area contributed by atoms with Gasteiger partial charge < -0.3 is 10.1 Å². The summed E-state index contributed by atoms with van der Waals surface area (Å²) in [5.74, 6) is -0.265. The van der Waals surface area contributed by atoms with Crippen molar-refractivity contribution in [1.82, 2.24) is 19.7 Å². The maximum absolute atomic E-state index is 11.0. The van der Waals surface area contributed by atoms with Gasteiger partial charge in [0.2, 0.25) is 0 Å². The maximum Gasteiger partial charge on any atom is 0.313 e. The quantitative estimate of drug-likeness (QED) is 0.508. The van der Waals surface area contributed by atoms with Gasteiger partial charge in [0.25, 0.3) is 0 Å². The average Bonchev–Trinajstić information content (AvgIpc) is 3.22. The van der Waals surface area contributed by atoms with E-state index < -0.39 is 5.97 Å². The molecule has 0 bridgehead atoms. The molecule has 0 aliphatic carbocycles. The zero-order valence-electron chi connectivity index (χ0n) is 14.9. The van der Waals surface area contributed by atoms with E-state index in [0.29, 0.717) is 11.0 Å². The van der Waals surface area contributed by atoms with Gasteiger partial charge in [0.05, 0.1) is 5.75 Å². The molecule has 0 saturated heterocycles. The lowest BCUT2D eigenvalue weighted by Crippen LogP contribution is -2.03. The molecule has 0 atom stereocenters. The first-order valence-electron chi connectivity index (χ1n) is 8.49. The van der Waals surface area contributed by atoms with Gasteiger partial charge in [-0.3, -0.25) is 9.36 Å². The second-order valence-corrected chi connectivity index (χ2v) is 7.24. The SMILES string of the molecule is Cc1[nH]c2ccc(-c3nnc(SCC(=O)O)n3-c3ccccc3)cc2c1C. The van der Waals surface area contributed by atoms with Crippen molar-refractivity contribution in [2.45, 2.75) is 19.0 Å². The minimum Gasteiger partial charge on any atom is -0.481 e. The lowest BCUT2D eigenvalue weighted by molar-refractivity contribution is -0.133. The Balaban J connectivity index is 1.87. The highest BCUT2D eigenvalue weighted by atomic mass is 32.2. The summed E-state index contributed by atoms with van der Waals surface area (Å²) in [4.78, 5) is 14.4. The highest BCUT2D eigenvalue weighted by molar-refractivity contribution is 7.99. The predicted molar refractivity (Wildman–Crippen MR) is 106 cm³/mol. The van der Waals surface area contributed by atoms with E-state index in [4.69, 9.17) is 5.11 Å². The molecule has 6 nitrogen and oxygen atoms in total. The minimum atomic E-state index is -0.885. The largest absolute Gasteiger partial charge is 0.481 e. The molecular formula is C20H18N4O2S. The molecule has 0 spiro atoms. The number of aliphatic carboxylic acids is 1. The lowest BCUT2D eigenvalue weighted by atomic mass is 10.1. The number of fused-ring (bicyclic) bond motifs is 1. The molecule has 0 saturated carbocycles. The summed E-state index contributed by atoms with van der Waals surface area (Å²) in [5, 5.41) is 19.4. The van der Waals surface area contributed by atoms with Crippen molar-refractivity contribution in [2.75, 3.05) is 5.75 Å². The molecule has 0 aliphatic rings. The van der Waals surface area contributed by atoms with E-state index in [0.717, 1.165) is 39.6 Å². The number of rotatable bonds is 5. The van der Waals surface area contributed by atoms with Gasteiger partial charge in [-0.15, -0.1) is 10.2 Å². The molecule has 0 fully saturated rings. The van der Waals surface area contributed by atoms with Crippen molar-refractivity contribution in [1.29, 1.82) is 0 Å². The number of aromatic amines is 1. The molecule has 0 amide bonds. The van der Waals surface area contributed by atoms with Crippen LogP contribution in [0.15, 0.2) is 53.7 Å². The van der Waals surface area contributed by atoms with Gasteiger partial charge in [-0.1, -0.05) is 30.0 Å². The Morgan fingerprint density at radius 3 is 2.67 bits per heavy atom. The first-order chi connectivity index (χ1) is 13.0. The summed E-state index contributed by atoms with van der Waals surface area (Å²) in [6, 6.07) is 15.9. The molecular weight excluding hydrogens is 360 g/mol. The van der Waals surface area contributed by atoms with E-state index >= 15 is 0 Å². The van der Waals surface area contributed by atoms with Crippen LogP contribution in [-0.2, 0) is 4.79 Å². The molecule has 7 heteroatoms. The van der Waals surface area contributed by atoms with E-state index in [2.05, 4.69) is 35.1 Å². The predicted octanol–water partition coefficient (Wildman–Crippen LogP) is 4.21. The number of thioether (sulfide) groups is 1. The third-order valence-electron chi connectivity index (χ3n) is 4.54. The van der Waals surface area contributed by atoms with Crippen LogP contribution in [0.4, 0.5) is 0 Å². The van der Waals surface area contributed by atoms with Crippen molar-refractivity contribution in [3.8, 4) is 17.1 Å². The van der Waals surface area contributed by atoms with E-state index in [-0.39, 0.29) is 5.75 Å². The monoisotopic (exact) mass is 378 g/mol. The Kier molecular flexibility index (Phi) is 4.45. The molecule has 2 aromatic carbocycles. The number of benzene rings is 2. The summed E-state index contributed by atoms with van der Waals surface area (Å²) in [6.07, 6.45) is 0. The van der Waals surface area contributed by atoms with Gasteiger partial charge in [-0.05, 0) is 49.7 Å². The molecule has 136 valence electrons. The number of hydrogen-bond donors (Lipinski definition) is 2. The van der Waals surface area contributed by atoms with Crippen LogP contribution in [0.5, 0.6) is 0 Å². The van der Waals surface area contributed by atoms with Gasteiger partial charge in [0.15, 0.2) is 11.0 Å². The lowest BCUT2D eigenvalue weighted by Gasteiger charge is -2.10. The fraction of sp³-hybridized carbons (Fsp3) is 0.150. The molecule has 4 rings (SSSR count). The smallest absolute Gasteiger partial charge is 0.313 e. The van der Waals surface area contributed by atoms with Crippen LogP contribution < -0.4 is 0 Å². The van der Waals surface area contributed by atoms with Gasteiger partial charge in [-0.2, -0.15) is 0 Å². The summed E-state index contributed by atoms with van der Waals surface area (Å²) in [7, 11) is 0. The Hall–Kier alpha value is -3.06. The third kappa shape index (κ3) is 3.21. The van der Waals surface area contributed by atoms with Crippen LogP contribution in [0.25, 0.3) is 28.0 Å². The van der Waals surface area contributed by atoms with Gasteiger partial charge in [0, 0.05) is 27.8 Å². The van der Waals surface area contributed by atoms with Crippen molar-refractivity contribution in [2.24, 2.45) is 0 Å². The first kappa shape index (κ1) is 17.4. The topological polar surface area (TPSA) is 83.8 Å². The van der Waals surface area contributed by atoms with Crippen LogP contribution >= 0.6 is 11.8 Å². The number of hydrogen-bond acceptors (Lipinski definition) is 4. The van der Waals surface area contributed by atoms with Gasteiger partial charge in [0.1, 0.15) is 0 Å². The number of carboxylic acids is 1. The highest BCUT2D eigenvalue weighted by Gasteiger charge is 2.18. The molecule has 0 radical (unpaired) electrons. The van der Waals surface area contributed by atoms with Crippen LogP contribution in [0.3, 0.4) is 0 Å². The minimum absolute atomic E-state index is 0.0693. The number of carbonyl (C=O) groups is 1. The molecule has 0 unspecified atom stereocenters. The molecule has 2 N–H and O–H groups in total.